The van der Waals surface area contributed by atoms with Crippen molar-refractivity contribution in [2.45, 2.75) is 58.6 Å². The van der Waals surface area contributed by atoms with Crippen molar-refractivity contribution in [2.75, 3.05) is 5.32 Å². The van der Waals surface area contributed by atoms with Crippen molar-refractivity contribution >= 4 is 35.8 Å². The van der Waals surface area contributed by atoms with Gasteiger partial charge in [0, 0.05) is 11.4 Å². The van der Waals surface area contributed by atoms with Gasteiger partial charge in [0.2, 0.25) is 5.91 Å². The van der Waals surface area contributed by atoms with E-state index in [1.54, 1.807) is 0 Å². The van der Waals surface area contributed by atoms with Crippen molar-refractivity contribution in [3.05, 3.63) is 29.3 Å². The molecule has 0 fully saturated rings. The van der Waals surface area contributed by atoms with Crippen LogP contribution < -0.4 is 11.1 Å². The number of hydrogen-bond donors (Lipinski definition) is 2. The van der Waals surface area contributed by atoms with Crippen LogP contribution in [-0.4, -0.2) is 17.2 Å². The molecule has 0 heterocycles. The molecule has 3 nitrogen and oxygen atoms in total. The van der Waals surface area contributed by atoms with Gasteiger partial charge in [0.1, 0.15) is 0 Å². The first kappa shape index (κ1) is 21.3. The van der Waals surface area contributed by atoms with Crippen LogP contribution in [0.4, 0.5) is 5.69 Å². The first-order valence-electron chi connectivity index (χ1n) is 7.39. The van der Waals surface area contributed by atoms with E-state index in [4.69, 9.17) is 5.73 Å². The summed E-state index contributed by atoms with van der Waals surface area (Å²) in [7, 11) is 0. The van der Waals surface area contributed by atoms with Crippen molar-refractivity contribution in [1.82, 2.24) is 0 Å². The van der Waals surface area contributed by atoms with Crippen LogP contribution in [0.25, 0.3) is 0 Å². The van der Waals surface area contributed by atoms with Crippen molar-refractivity contribution in [2.24, 2.45) is 11.1 Å². The zero-order valence-electron chi connectivity index (χ0n) is 14.4. The summed E-state index contributed by atoms with van der Waals surface area (Å²) in [6, 6.07) is 5.52. The molecule has 1 rings (SSSR count). The van der Waals surface area contributed by atoms with Gasteiger partial charge >= 0.3 is 0 Å². The SMILES string of the molecule is Cc1c(CSC(C)C)cccc1NC(=O)[C@@H](N)C(C)(C)C.Cl. The quantitative estimate of drug-likeness (QED) is 0.833. The van der Waals surface area contributed by atoms with Crippen molar-refractivity contribution in [1.29, 1.82) is 0 Å². The number of nitrogens with one attached hydrogen (secondary N) is 1. The first-order chi connectivity index (χ1) is 9.62. The number of carbonyl (C=O) groups excluding carboxylic acids is 1. The minimum Gasteiger partial charge on any atom is -0.324 e. The lowest BCUT2D eigenvalue weighted by Gasteiger charge is -2.26. The van der Waals surface area contributed by atoms with Crippen LogP contribution in [0.5, 0.6) is 0 Å². The predicted octanol–water partition coefficient (Wildman–Crippen LogP) is 4.37. The van der Waals surface area contributed by atoms with Gasteiger partial charge in [-0.1, -0.05) is 46.8 Å². The van der Waals surface area contributed by atoms with Crippen LogP contribution in [-0.2, 0) is 10.5 Å². The second-order valence-electron chi connectivity index (χ2n) is 6.78. The number of thioether (sulfide) groups is 1. The van der Waals surface area contributed by atoms with Crippen LogP contribution in [0.3, 0.4) is 0 Å². The summed E-state index contributed by atoms with van der Waals surface area (Å²) < 4.78 is 0. The smallest absolute Gasteiger partial charge is 0.241 e. The molecule has 1 aromatic carbocycles. The molecule has 0 aromatic heterocycles. The van der Waals surface area contributed by atoms with Gasteiger partial charge in [0.05, 0.1) is 6.04 Å². The number of rotatable bonds is 5. The third kappa shape index (κ3) is 6.19. The molecule has 126 valence electrons. The van der Waals surface area contributed by atoms with Gasteiger partial charge < -0.3 is 11.1 Å². The van der Waals surface area contributed by atoms with Gasteiger partial charge in [-0.15, -0.1) is 12.4 Å². The van der Waals surface area contributed by atoms with Crippen LogP contribution in [0, 0.1) is 12.3 Å². The maximum Gasteiger partial charge on any atom is 0.241 e. The van der Waals surface area contributed by atoms with Gasteiger partial charge in [0.25, 0.3) is 0 Å². The van der Waals surface area contributed by atoms with E-state index >= 15 is 0 Å². The highest BCUT2D eigenvalue weighted by atomic mass is 35.5. The second kappa shape index (κ2) is 8.80. The highest BCUT2D eigenvalue weighted by molar-refractivity contribution is 7.99. The summed E-state index contributed by atoms with van der Waals surface area (Å²) >= 11 is 1.90. The molecular weight excluding hydrogens is 316 g/mol. The predicted molar refractivity (Wildman–Crippen MR) is 101 cm³/mol. The van der Waals surface area contributed by atoms with E-state index in [-0.39, 0.29) is 23.7 Å². The van der Waals surface area contributed by atoms with Gasteiger partial charge in [-0.05, 0) is 34.8 Å². The normalized spacial score (nSPS) is 12.7. The van der Waals surface area contributed by atoms with E-state index in [1.165, 1.54) is 5.56 Å². The molecule has 1 aromatic rings. The third-order valence-electron chi connectivity index (χ3n) is 3.49. The van der Waals surface area contributed by atoms with Crippen molar-refractivity contribution in [3.8, 4) is 0 Å². The monoisotopic (exact) mass is 344 g/mol. The van der Waals surface area contributed by atoms with Crippen molar-refractivity contribution < 1.29 is 4.79 Å². The average Bonchev–Trinajstić information content (AvgIpc) is 2.37. The molecule has 0 radical (unpaired) electrons. The molecule has 0 spiro atoms. The summed E-state index contributed by atoms with van der Waals surface area (Å²) in [5, 5.41) is 3.57. The number of benzene rings is 1. The number of carbonyl (C=O) groups is 1. The Labute approximate surface area is 145 Å². The Morgan fingerprint density at radius 1 is 1.32 bits per heavy atom. The van der Waals surface area contributed by atoms with Crippen LogP contribution in [0.2, 0.25) is 0 Å². The Hall–Kier alpha value is -0.710. The molecule has 0 aliphatic heterocycles. The number of anilines is 1. The largest absolute Gasteiger partial charge is 0.324 e. The second-order valence-corrected chi connectivity index (χ2v) is 8.35. The van der Waals surface area contributed by atoms with E-state index in [9.17, 15) is 4.79 Å². The lowest BCUT2D eigenvalue weighted by molar-refractivity contribution is -0.119. The molecule has 3 N–H and O–H groups in total. The minimum absolute atomic E-state index is 0. The number of halogens is 1. The topological polar surface area (TPSA) is 55.1 Å². The molecule has 1 atom stereocenters. The Balaban J connectivity index is 0.00000441. The molecule has 0 aliphatic carbocycles. The highest BCUT2D eigenvalue weighted by Crippen LogP contribution is 2.26. The van der Waals surface area contributed by atoms with Crippen LogP contribution in [0.1, 0.15) is 45.7 Å². The molecule has 0 bridgehead atoms. The molecular formula is C17H29ClN2OS. The van der Waals surface area contributed by atoms with Gasteiger partial charge in [-0.2, -0.15) is 11.8 Å². The maximum atomic E-state index is 12.2. The first-order valence-corrected chi connectivity index (χ1v) is 8.44. The lowest BCUT2D eigenvalue weighted by atomic mass is 9.87. The summed E-state index contributed by atoms with van der Waals surface area (Å²) in [6.07, 6.45) is 0. The summed E-state index contributed by atoms with van der Waals surface area (Å²) in [6.45, 7) is 12.3. The molecule has 0 aliphatic rings. The summed E-state index contributed by atoms with van der Waals surface area (Å²) in [4.78, 5) is 12.2. The van der Waals surface area contributed by atoms with E-state index in [0.29, 0.717) is 5.25 Å². The molecule has 0 saturated heterocycles. The van der Waals surface area contributed by atoms with Gasteiger partial charge in [-0.3, -0.25) is 4.79 Å². The third-order valence-corrected chi connectivity index (χ3v) is 4.64. The zero-order chi connectivity index (χ0) is 16.2. The highest BCUT2D eigenvalue weighted by Gasteiger charge is 2.27. The van der Waals surface area contributed by atoms with Crippen molar-refractivity contribution in [3.63, 3.8) is 0 Å². The standard InChI is InChI=1S/C17H28N2OS.ClH/c1-11(2)21-10-13-8-7-9-14(12(13)3)19-16(20)15(18)17(4,5)6;/h7-9,11,15H,10,18H2,1-6H3,(H,19,20);1H/t15-;/m1./s1. The molecule has 0 saturated carbocycles. The molecule has 0 unspecified atom stereocenters. The number of nitrogens with two attached hydrogens (primary N) is 1. The minimum atomic E-state index is -0.523. The van der Waals surface area contributed by atoms with Crippen LogP contribution in [0.15, 0.2) is 18.2 Å². The van der Waals surface area contributed by atoms with E-state index in [1.807, 2.05) is 44.7 Å². The van der Waals surface area contributed by atoms with E-state index in [2.05, 4.69) is 32.2 Å². The molecule has 1 amide bonds. The van der Waals surface area contributed by atoms with E-state index < -0.39 is 6.04 Å². The summed E-state index contributed by atoms with van der Waals surface area (Å²) in [5.41, 5.74) is 9.01. The zero-order valence-corrected chi connectivity index (χ0v) is 16.0. The Kier molecular flexibility index (Phi) is 8.52. The lowest BCUT2D eigenvalue weighted by Crippen LogP contribution is -2.45. The number of amides is 1. The van der Waals surface area contributed by atoms with Gasteiger partial charge in [0.15, 0.2) is 0 Å². The fourth-order valence-electron chi connectivity index (χ4n) is 1.84. The molecule has 22 heavy (non-hydrogen) atoms. The maximum absolute atomic E-state index is 12.2. The molecule has 5 heteroatoms. The fraction of sp³-hybridized carbons (Fsp3) is 0.588. The van der Waals surface area contributed by atoms with Crippen LogP contribution >= 0.6 is 24.2 Å². The van der Waals surface area contributed by atoms with E-state index in [0.717, 1.165) is 17.0 Å². The summed E-state index contributed by atoms with van der Waals surface area (Å²) in [5.74, 6) is 0.831. The Morgan fingerprint density at radius 3 is 2.41 bits per heavy atom. The Morgan fingerprint density at radius 2 is 1.91 bits per heavy atom. The average molecular weight is 345 g/mol. The fourth-order valence-corrected chi connectivity index (χ4v) is 2.66. The van der Waals surface area contributed by atoms with Gasteiger partial charge in [-0.25, -0.2) is 0 Å². The Bertz CT molecular complexity index is 498. The number of hydrogen-bond acceptors (Lipinski definition) is 3.